The molecule has 106 valence electrons. The number of hydrogen-bond acceptors (Lipinski definition) is 1. The van der Waals surface area contributed by atoms with Crippen molar-refractivity contribution in [3.05, 3.63) is 34.9 Å². The van der Waals surface area contributed by atoms with Gasteiger partial charge in [-0.05, 0) is 37.2 Å². The van der Waals surface area contributed by atoms with Crippen LogP contribution in [0.5, 0.6) is 0 Å². The molecular weight excluding hydrogens is 324 g/mol. The van der Waals surface area contributed by atoms with E-state index in [-0.39, 0.29) is 6.10 Å². The molecule has 0 heterocycles. The predicted molar refractivity (Wildman–Crippen MR) is 85.0 cm³/mol. The number of halogens is 2. The molecule has 0 aliphatic heterocycles. The minimum absolute atomic E-state index is 0.0549. The van der Waals surface area contributed by atoms with Crippen LogP contribution in [0.3, 0.4) is 0 Å². The molecule has 4 atom stereocenters. The molecular formula is C16H22BrClO. The lowest BCUT2D eigenvalue weighted by Gasteiger charge is -2.34. The Hall–Kier alpha value is -0.0500. The van der Waals surface area contributed by atoms with Gasteiger partial charge in [0.2, 0.25) is 0 Å². The monoisotopic (exact) mass is 344 g/mol. The van der Waals surface area contributed by atoms with Gasteiger partial charge in [-0.2, -0.15) is 0 Å². The minimum atomic E-state index is 0.0549. The van der Waals surface area contributed by atoms with Gasteiger partial charge in [-0.3, -0.25) is 0 Å². The first-order valence-electron chi connectivity index (χ1n) is 7.07. The molecule has 1 aromatic carbocycles. The third-order valence-electron chi connectivity index (χ3n) is 4.30. The quantitative estimate of drug-likeness (QED) is 0.644. The zero-order chi connectivity index (χ0) is 13.8. The third-order valence-corrected chi connectivity index (χ3v) is 5.23. The SMILES string of the molecule is CC1CCC(OC(CBr)c2ccccc2Cl)CC1C. The molecule has 0 bridgehead atoms. The van der Waals surface area contributed by atoms with Gasteiger partial charge in [-0.1, -0.05) is 59.6 Å². The van der Waals surface area contributed by atoms with Crippen LogP contribution < -0.4 is 0 Å². The van der Waals surface area contributed by atoms with E-state index >= 15 is 0 Å². The summed E-state index contributed by atoms with van der Waals surface area (Å²) in [7, 11) is 0. The standard InChI is InChI=1S/C16H22BrClO/c1-11-7-8-13(9-12(11)2)19-16(10-17)14-5-3-4-6-15(14)18/h3-6,11-13,16H,7-10H2,1-2H3. The van der Waals surface area contributed by atoms with Crippen LogP contribution >= 0.6 is 27.5 Å². The summed E-state index contributed by atoms with van der Waals surface area (Å²) in [5.74, 6) is 1.57. The Labute approximate surface area is 129 Å². The van der Waals surface area contributed by atoms with E-state index in [1.807, 2.05) is 18.2 Å². The lowest BCUT2D eigenvalue weighted by Crippen LogP contribution is -2.28. The van der Waals surface area contributed by atoms with Crippen molar-refractivity contribution < 1.29 is 4.74 Å². The van der Waals surface area contributed by atoms with Gasteiger partial charge in [-0.15, -0.1) is 0 Å². The Kier molecular flexibility index (Phi) is 5.73. The maximum Gasteiger partial charge on any atom is 0.0939 e. The van der Waals surface area contributed by atoms with Crippen LogP contribution in [0.25, 0.3) is 0 Å². The van der Waals surface area contributed by atoms with E-state index in [9.17, 15) is 0 Å². The molecule has 1 aliphatic carbocycles. The average molecular weight is 346 g/mol. The van der Waals surface area contributed by atoms with Crippen molar-refractivity contribution in [2.24, 2.45) is 11.8 Å². The number of benzene rings is 1. The highest BCUT2D eigenvalue weighted by atomic mass is 79.9. The van der Waals surface area contributed by atoms with Gasteiger partial charge in [0.25, 0.3) is 0 Å². The molecule has 2 rings (SSSR count). The highest BCUT2D eigenvalue weighted by Crippen LogP contribution is 2.35. The van der Waals surface area contributed by atoms with Crippen LogP contribution in [0.1, 0.15) is 44.8 Å². The first kappa shape index (κ1) is 15.3. The van der Waals surface area contributed by atoms with Crippen molar-refractivity contribution in [3.8, 4) is 0 Å². The second-order valence-corrected chi connectivity index (χ2v) is 6.74. The normalized spacial score (nSPS) is 29.2. The summed E-state index contributed by atoms with van der Waals surface area (Å²) >= 11 is 9.82. The summed E-state index contributed by atoms with van der Waals surface area (Å²) in [6.45, 7) is 4.68. The Balaban J connectivity index is 2.02. The number of alkyl halides is 1. The average Bonchev–Trinajstić information content (AvgIpc) is 2.41. The predicted octanol–water partition coefficient (Wildman–Crippen LogP) is 5.62. The molecule has 0 N–H and O–H groups in total. The molecule has 1 saturated carbocycles. The van der Waals surface area contributed by atoms with Gasteiger partial charge in [0.1, 0.15) is 0 Å². The molecule has 0 radical (unpaired) electrons. The van der Waals surface area contributed by atoms with Crippen LogP contribution in [0, 0.1) is 11.8 Å². The molecule has 1 aromatic rings. The van der Waals surface area contributed by atoms with Gasteiger partial charge in [0, 0.05) is 15.9 Å². The highest BCUT2D eigenvalue weighted by molar-refractivity contribution is 9.09. The molecule has 1 nitrogen and oxygen atoms in total. The zero-order valence-corrected chi connectivity index (χ0v) is 14.0. The maximum atomic E-state index is 6.29. The number of ether oxygens (including phenoxy) is 1. The van der Waals surface area contributed by atoms with Crippen molar-refractivity contribution >= 4 is 27.5 Å². The Morgan fingerprint density at radius 2 is 2.00 bits per heavy atom. The first-order valence-corrected chi connectivity index (χ1v) is 8.57. The lowest BCUT2D eigenvalue weighted by molar-refractivity contribution is -0.0383. The fraction of sp³-hybridized carbons (Fsp3) is 0.625. The summed E-state index contributed by atoms with van der Waals surface area (Å²) in [4.78, 5) is 0. The highest BCUT2D eigenvalue weighted by Gasteiger charge is 2.27. The van der Waals surface area contributed by atoms with Gasteiger partial charge < -0.3 is 4.74 Å². The zero-order valence-electron chi connectivity index (χ0n) is 11.6. The molecule has 0 amide bonds. The molecule has 19 heavy (non-hydrogen) atoms. The molecule has 0 spiro atoms. The molecule has 0 saturated heterocycles. The van der Waals surface area contributed by atoms with Crippen molar-refractivity contribution in [2.45, 2.75) is 45.3 Å². The first-order chi connectivity index (χ1) is 9.11. The Morgan fingerprint density at radius 3 is 2.63 bits per heavy atom. The minimum Gasteiger partial charge on any atom is -0.369 e. The Bertz CT molecular complexity index is 409. The molecule has 4 unspecified atom stereocenters. The number of rotatable bonds is 4. The van der Waals surface area contributed by atoms with E-state index in [1.165, 1.54) is 12.8 Å². The van der Waals surface area contributed by atoms with Crippen LogP contribution in [-0.4, -0.2) is 11.4 Å². The molecule has 0 aromatic heterocycles. The smallest absolute Gasteiger partial charge is 0.0939 e. The summed E-state index contributed by atoms with van der Waals surface area (Å²) in [5.41, 5.74) is 1.09. The van der Waals surface area contributed by atoms with Gasteiger partial charge in [0.15, 0.2) is 0 Å². The van der Waals surface area contributed by atoms with Crippen molar-refractivity contribution in [3.63, 3.8) is 0 Å². The summed E-state index contributed by atoms with van der Waals surface area (Å²) in [6.07, 6.45) is 4.02. The van der Waals surface area contributed by atoms with Crippen LogP contribution in [0.15, 0.2) is 24.3 Å². The van der Waals surface area contributed by atoms with Gasteiger partial charge >= 0.3 is 0 Å². The second-order valence-electron chi connectivity index (χ2n) is 5.69. The molecule has 1 fully saturated rings. The lowest BCUT2D eigenvalue weighted by atomic mass is 9.80. The topological polar surface area (TPSA) is 9.23 Å². The van der Waals surface area contributed by atoms with E-state index in [2.05, 4.69) is 35.8 Å². The molecule has 3 heteroatoms. The fourth-order valence-corrected chi connectivity index (χ4v) is 3.54. The maximum absolute atomic E-state index is 6.29. The third kappa shape index (κ3) is 3.96. The van der Waals surface area contributed by atoms with Gasteiger partial charge in [-0.25, -0.2) is 0 Å². The largest absolute Gasteiger partial charge is 0.369 e. The van der Waals surface area contributed by atoms with E-state index in [0.717, 1.165) is 34.2 Å². The number of hydrogen-bond donors (Lipinski definition) is 0. The van der Waals surface area contributed by atoms with Crippen molar-refractivity contribution in [1.29, 1.82) is 0 Å². The Morgan fingerprint density at radius 1 is 1.26 bits per heavy atom. The van der Waals surface area contributed by atoms with Crippen LogP contribution in [-0.2, 0) is 4.74 Å². The van der Waals surface area contributed by atoms with E-state index in [4.69, 9.17) is 16.3 Å². The van der Waals surface area contributed by atoms with Crippen molar-refractivity contribution in [2.75, 3.05) is 5.33 Å². The summed E-state index contributed by atoms with van der Waals surface area (Å²) in [6, 6.07) is 7.97. The van der Waals surface area contributed by atoms with E-state index in [0.29, 0.717) is 6.10 Å². The summed E-state index contributed by atoms with van der Waals surface area (Å²) in [5, 5.41) is 1.58. The molecule has 1 aliphatic rings. The second kappa shape index (κ2) is 7.10. The van der Waals surface area contributed by atoms with Gasteiger partial charge in [0.05, 0.1) is 12.2 Å². The van der Waals surface area contributed by atoms with Crippen molar-refractivity contribution in [1.82, 2.24) is 0 Å². The van der Waals surface area contributed by atoms with Crippen LogP contribution in [0.4, 0.5) is 0 Å². The van der Waals surface area contributed by atoms with E-state index in [1.54, 1.807) is 0 Å². The fourth-order valence-electron chi connectivity index (χ4n) is 2.78. The van der Waals surface area contributed by atoms with Crippen LogP contribution in [0.2, 0.25) is 5.02 Å². The summed E-state index contributed by atoms with van der Waals surface area (Å²) < 4.78 is 6.29. The van der Waals surface area contributed by atoms with E-state index < -0.39 is 0 Å².